The fourth-order valence-corrected chi connectivity index (χ4v) is 4.38. The van der Waals surface area contributed by atoms with Gasteiger partial charge in [0.1, 0.15) is 11.2 Å². The van der Waals surface area contributed by atoms with E-state index in [4.69, 9.17) is 30.8 Å². The summed E-state index contributed by atoms with van der Waals surface area (Å²) >= 11 is 6.75. The third kappa shape index (κ3) is 3.60. The van der Waals surface area contributed by atoms with Crippen molar-refractivity contribution in [3.63, 3.8) is 0 Å². The molecule has 0 aliphatic carbocycles. The van der Waals surface area contributed by atoms with Crippen molar-refractivity contribution in [3.05, 3.63) is 35.6 Å². The van der Waals surface area contributed by atoms with Crippen LogP contribution in [0.5, 0.6) is 11.6 Å². The van der Waals surface area contributed by atoms with E-state index >= 15 is 0 Å². The number of nitrogens with zero attached hydrogens (tertiary/aromatic N) is 4. The van der Waals surface area contributed by atoms with Gasteiger partial charge in [0, 0.05) is 55.6 Å². The minimum Gasteiger partial charge on any atom is -0.491 e. The first-order valence-corrected chi connectivity index (χ1v) is 10.6. The Balaban J connectivity index is 1.63. The smallest absolute Gasteiger partial charge is 0.257 e. The van der Waals surface area contributed by atoms with Crippen molar-refractivity contribution >= 4 is 33.7 Å². The number of nitrogens with one attached hydrogen (secondary N) is 1. The highest BCUT2D eigenvalue weighted by Crippen LogP contribution is 2.40. The van der Waals surface area contributed by atoms with E-state index < -0.39 is 0 Å². The zero-order chi connectivity index (χ0) is 21.4. The lowest BCUT2D eigenvalue weighted by molar-refractivity contribution is 0.0365. The van der Waals surface area contributed by atoms with Crippen LogP contribution in [0, 0.1) is 0 Å². The Morgan fingerprint density at radius 1 is 1.19 bits per heavy atom. The van der Waals surface area contributed by atoms with Gasteiger partial charge in [-0.1, -0.05) is 11.6 Å². The molecule has 1 aliphatic heterocycles. The van der Waals surface area contributed by atoms with Crippen LogP contribution >= 0.6 is 11.6 Å². The molecule has 1 aliphatic rings. The summed E-state index contributed by atoms with van der Waals surface area (Å²) in [5.74, 6) is 1.03. The van der Waals surface area contributed by atoms with Gasteiger partial charge in [0.15, 0.2) is 5.75 Å². The molecule has 1 N–H and O–H groups in total. The molecule has 0 amide bonds. The third-order valence-electron chi connectivity index (χ3n) is 5.73. The number of methoxy groups -OCH3 is 2. The number of H-pyrrole nitrogens is 1. The van der Waals surface area contributed by atoms with Crippen molar-refractivity contribution in [2.75, 3.05) is 47.1 Å². The second-order valence-corrected chi connectivity index (χ2v) is 7.85. The van der Waals surface area contributed by atoms with Crippen LogP contribution in [0.25, 0.3) is 33.3 Å². The number of fused-ring (bicyclic) bond motifs is 2. The van der Waals surface area contributed by atoms with Crippen LogP contribution in [0.4, 0.5) is 0 Å². The molecule has 5 heterocycles. The molecule has 8 nitrogen and oxygen atoms in total. The zero-order valence-electron chi connectivity index (χ0n) is 17.5. The highest BCUT2D eigenvalue weighted by molar-refractivity contribution is 6.38. The van der Waals surface area contributed by atoms with Crippen molar-refractivity contribution in [2.45, 2.75) is 6.54 Å². The summed E-state index contributed by atoms with van der Waals surface area (Å²) in [6, 6.07) is 5.81. The molecule has 0 aromatic carbocycles. The van der Waals surface area contributed by atoms with Crippen LogP contribution in [-0.2, 0) is 11.3 Å². The van der Waals surface area contributed by atoms with Crippen molar-refractivity contribution in [2.24, 2.45) is 0 Å². The summed E-state index contributed by atoms with van der Waals surface area (Å²) in [6.45, 7) is 5.18. The van der Waals surface area contributed by atoms with Crippen LogP contribution in [0.3, 0.4) is 0 Å². The number of halogens is 1. The topological polar surface area (TPSA) is 77.4 Å². The third-order valence-corrected chi connectivity index (χ3v) is 6.13. The van der Waals surface area contributed by atoms with E-state index in [0.29, 0.717) is 16.7 Å². The predicted octanol–water partition coefficient (Wildman–Crippen LogP) is 3.58. The molecule has 0 saturated carbocycles. The van der Waals surface area contributed by atoms with E-state index in [0.717, 1.165) is 72.7 Å². The minimum absolute atomic E-state index is 0.438. The SMILES string of the molecule is COc1cc2c(nc1OC)c(-c1[nH]c3ncccc3c1Cl)cn2CCN1CCOCC1. The van der Waals surface area contributed by atoms with Gasteiger partial charge in [0.2, 0.25) is 0 Å². The van der Waals surface area contributed by atoms with Crippen LogP contribution in [0.2, 0.25) is 5.02 Å². The van der Waals surface area contributed by atoms with Crippen molar-refractivity contribution in [1.29, 1.82) is 0 Å². The van der Waals surface area contributed by atoms with Gasteiger partial charge in [-0.25, -0.2) is 9.97 Å². The molecule has 4 aromatic heterocycles. The van der Waals surface area contributed by atoms with Gasteiger partial charge in [-0.15, -0.1) is 0 Å². The number of rotatable bonds is 6. The van der Waals surface area contributed by atoms with E-state index in [1.165, 1.54) is 0 Å². The Morgan fingerprint density at radius 2 is 2.03 bits per heavy atom. The lowest BCUT2D eigenvalue weighted by Crippen LogP contribution is -2.38. The van der Waals surface area contributed by atoms with Crippen LogP contribution in [0.1, 0.15) is 0 Å². The van der Waals surface area contributed by atoms with E-state index in [9.17, 15) is 0 Å². The summed E-state index contributed by atoms with van der Waals surface area (Å²) in [4.78, 5) is 14.9. The lowest BCUT2D eigenvalue weighted by atomic mass is 10.2. The Labute approximate surface area is 184 Å². The summed E-state index contributed by atoms with van der Waals surface area (Å²) < 4.78 is 18.6. The molecule has 4 aromatic rings. The van der Waals surface area contributed by atoms with Gasteiger partial charge in [-0.2, -0.15) is 0 Å². The van der Waals surface area contributed by atoms with Gasteiger partial charge < -0.3 is 23.8 Å². The lowest BCUT2D eigenvalue weighted by Gasteiger charge is -2.26. The second kappa shape index (κ2) is 8.37. The first-order valence-electron chi connectivity index (χ1n) is 10.2. The van der Waals surface area contributed by atoms with E-state index in [-0.39, 0.29) is 0 Å². The van der Waals surface area contributed by atoms with Gasteiger partial charge in [0.05, 0.1) is 43.7 Å². The zero-order valence-corrected chi connectivity index (χ0v) is 18.3. The highest BCUT2D eigenvalue weighted by Gasteiger charge is 2.21. The fourth-order valence-electron chi connectivity index (χ4n) is 4.08. The van der Waals surface area contributed by atoms with Crippen molar-refractivity contribution < 1.29 is 14.2 Å². The van der Waals surface area contributed by atoms with Crippen LogP contribution in [-0.4, -0.2) is 71.5 Å². The van der Waals surface area contributed by atoms with Crippen molar-refractivity contribution in [1.82, 2.24) is 24.4 Å². The number of ether oxygens (including phenoxy) is 3. The molecular formula is C22H24ClN5O3. The van der Waals surface area contributed by atoms with Gasteiger partial charge in [-0.3, -0.25) is 4.90 Å². The molecule has 0 unspecified atom stereocenters. The number of hydrogen-bond donors (Lipinski definition) is 1. The molecule has 0 spiro atoms. The maximum absolute atomic E-state index is 6.75. The van der Waals surface area contributed by atoms with E-state index in [1.807, 2.05) is 18.2 Å². The van der Waals surface area contributed by atoms with Gasteiger partial charge in [0.25, 0.3) is 5.88 Å². The Bertz CT molecular complexity index is 1230. The van der Waals surface area contributed by atoms with Crippen LogP contribution in [0.15, 0.2) is 30.6 Å². The quantitative estimate of drug-likeness (QED) is 0.492. The summed E-state index contributed by atoms with van der Waals surface area (Å²) in [7, 11) is 3.21. The Hall–Kier alpha value is -2.81. The molecule has 1 fully saturated rings. The fraction of sp³-hybridized carbons (Fsp3) is 0.364. The maximum atomic E-state index is 6.75. The van der Waals surface area contributed by atoms with Gasteiger partial charge >= 0.3 is 0 Å². The monoisotopic (exact) mass is 441 g/mol. The standard InChI is InChI=1S/C22H24ClN5O3/c1-29-17-12-16-19(26-22(17)30-2)15(13-28(16)7-6-27-8-10-31-11-9-27)20-18(23)14-4-3-5-24-21(14)25-20/h3-5,12-13H,6-11H2,1-2H3,(H,24,25). The highest BCUT2D eigenvalue weighted by atomic mass is 35.5. The largest absolute Gasteiger partial charge is 0.491 e. The number of hydrogen-bond acceptors (Lipinski definition) is 6. The maximum Gasteiger partial charge on any atom is 0.257 e. The Kier molecular flexibility index (Phi) is 5.43. The van der Waals surface area contributed by atoms with Crippen LogP contribution < -0.4 is 9.47 Å². The molecule has 31 heavy (non-hydrogen) atoms. The summed E-state index contributed by atoms with van der Waals surface area (Å²) in [5.41, 5.74) is 4.21. The number of morpholine rings is 1. The van der Waals surface area contributed by atoms with Gasteiger partial charge in [-0.05, 0) is 12.1 Å². The van der Waals surface area contributed by atoms with E-state index in [2.05, 4.69) is 25.6 Å². The molecule has 0 atom stereocenters. The Morgan fingerprint density at radius 3 is 2.77 bits per heavy atom. The molecule has 5 rings (SSSR count). The summed E-state index contributed by atoms with van der Waals surface area (Å²) in [6.07, 6.45) is 3.84. The molecule has 162 valence electrons. The molecule has 9 heteroatoms. The normalized spacial score (nSPS) is 15.1. The first-order chi connectivity index (χ1) is 15.2. The molecule has 0 bridgehead atoms. The second-order valence-electron chi connectivity index (χ2n) is 7.47. The predicted molar refractivity (Wildman–Crippen MR) is 120 cm³/mol. The molecule has 1 saturated heterocycles. The summed E-state index contributed by atoms with van der Waals surface area (Å²) in [5, 5.41) is 1.51. The van der Waals surface area contributed by atoms with Crippen molar-refractivity contribution in [3.8, 4) is 22.9 Å². The number of aromatic amines is 1. The number of aromatic nitrogens is 4. The average molecular weight is 442 g/mol. The average Bonchev–Trinajstić information content (AvgIpc) is 3.34. The van der Waals surface area contributed by atoms with E-state index in [1.54, 1.807) is 20.4 Å². The number of pyridine rings is 2. The minimum atomic E-state index is 0.438. The first kappa shape index (κ1) is 20.1. The molecule has 0 radical (unpaired) electrons. The molecular weight excluding hydrogens is 418 g/mol.